The summed E-state index contributed by atoms with van der Waals surface area (Å²) < 4.78 is 20.5. The third kappa shape index (κ3) is 5.75. The molecule has 5 heteroatoms. The Morgan fingerprint density at radius 2 is 0.746 bits per heavy atom. The van der Waals surface area contributed by atoms with Gasteiger partial charge < -0.3 is 23.1 Å². The van der Waals surface area contributed by atoms with E-state index in [0.29, 0.717) is 0 Å². The molecule has 314 valence electrons. The number of furan rings is 3. The Balaban J connectivity index is 0.992. The van der Waals surface area contributed by atoms with Crippen molar-refractivity contribution in [1.29, 1.82) is 0 Å². The summed E-state index contributed by atoms with van der Waals surface area (Å²) in [4.78, 5) is 4.63. The summed E-state index contributed by atoms with van der Waals surface area (Å²) >= 11 is 0. The Labute approximate surface area is 384 Å². The van der Waals surface area contributed by atoms with E-state index < -0.39 is 0 Å². The number of para-hydroxylation sites is 6. The van der Waals surface area contributed by atoms with Gasteiger partial charge in [-0.25, -0.2) is 0 Å². The predicted octanol–water partition coefficient (Wildman–Crippen LogP) is 18.3. The van der Waals surface area contributed by atoms with Crippen LogP contribution in [0.1, 0.15) is 0 Å². The minimum atomic E-state index is 0.802. The van der Waals surface area contributed by atoms with Crippen molar-refractivity contribution in [2.24, 2.45) is 0 Å². The standard InChI is InChI=1S/C62H38N2O3/c1-3-17-39(18-4-1)43-21-9-12-28-53(43)64(55-30-16-27-49-46-24-11-14-32-57(46)66-61(49)55)42-34-36-51-58(38-42)67-62-50-35-33-41(37-52(50)44-22-7-8-25-47(44)59(51)62)63(40-19-5-2-6-20-40)54-29-15-26-48-45-23-10-13-31-56(45)65-60(48)54/h1-38H. The predicted molar refractivity (Wildman–Crippen MR) is 278 cm³/mol. The van der Waals surface area contributed by atoms with Crippen LogP contribution in [0.25, 0.3) is 98.5 Å². The topological polar surface area (TPSA) is 45.9 Å². The van der Waals surface area contributed by atoms with Crippen LogP contribution in [0.5, 0.6) is 0 Å². The van der Waals surface area contributed by atoms with E-state index in [1.54, 1.807) is 0 Å². The molecule has 14 rings (SSSR count). The van der Waals surface area contributed by atoms with Crippen molar-refractivity contribution in [1.82, 2.24) is 0 Å². The molecule has 5 nitrogen and oxygen atoms in total. The first-order valence-electron chi connectivity index (χ1n) is 22.7. The maximum absolute atomic E-state index is 7.17. The maximum atomic E-state index is 7.17. The van der Waals surface area contributed by atoms with Gasteiger partial charge in [-0.2, -0.15) is 0 Å². The molecule has 0 atom stereocenters. The molecule has 0 saturated carbocycles. The van der Waals surface area contributed by atoms with Crippen LogP contribution in [0, 0.1) is 0 Å². The van der Waals surface area contributed by atoms with Crippen LogP contribution < -0.4 is 9.80 Å². The molecule has 0 radical (unpaired) electrons. The molecule has 0 spiro atoms. The monoisotopic (exact) mass is 858 g/mol. The minimum Gasteiger partial charge on any atom is -0.455 e. The summed E-state index contributed by atoms with van der Waals surface area (Å²) in [6.07, 6.45) is 0. The quantitative estimate of drug-likeness (QED) is 0.149. The van der Waals surface area contributed by atoms with Crippen molar-refractivity contribution >= 4 is 121 Å². The van der Waals surface area contributed by atoms with Crippen LogP contribution in [0.4, 0.5) is 34.1 Å². The zero-order chi connectivity index (χ0) is 44.0. The van der Waals surface area contributed by atoms with Gasteiger partial charge in [-0.05, 0) is 94.5 Å². The molecule has 11 aromatic carbocycles. The lowest BCUT2D eigenvalue weighted by Crippen LogP contribution is -2.11. The van der Waals surface area contributed by atoms with Crippen LogP contribution >= 0.6 is 0 Å². The molecule has 14 aromatic rings. The van der Waals surface area contributed by atoms with E-state index in [4.69, 9.17) is 13.3 Å². The lowest BCUT2D eigenvalue weighted by atomic mass is 9.96. The molecule has 0 aliphatic heterocycles. The van der Waals surface area contributed by atoms with Crippen LogP contribution in [0.15, 0.2) is 244 Å². The number of benzene rings is 11. The van der Waals surface area contributed by atoms with Crippen LogP contribution in [0.2, 0.25) is 0 Å². The van der Waals surface area contributed by atoms with Gasteiger partial charge in [-0.1, -0.05) is 152 Å². The van der Waals surface area contributed by atoms with Gasteiger partial charge in [-0.15, -0.1) is 0 Å². The Morgan fingerprint density at radius 3 is 1.45 bits per heavy atom. The Bertz CT molecular complexity index is 4240. The number of hydrogen-bond donors (Lipinski definition) is 0. The van der Waals surface area contributed by atoms with E-state index in [1.807, 2.05) is 24.3 Å². The number of hydrogen-bond acceptors (Lipinski definition) is 5. The molecule has 0 unspecified atom stereocenters. The smallest absolute Gasteiger partial charge is 0.159 e. The highest BCUT2D eigenvalue weighted by molar-refractivity contribution is 6.31. The van der Waals surface area contributed by atoms with Crippen LogP contribution in [-0.2, 0) is 0 Å². The van der Waals surface area contributed by atoms with Crippen LogP contribution in [-0.4, -0.2) is 0 Å². The fourth-order valence-electron chi connectivity index (χ4n) is 10.5. The second kappa shape index (κ2) is 14.7. The highest BCUT2D eigenvalue weighted by atomic mass is 16.3. The lowest BCUT2D eigenvalue weighted by molar-refractivity contribution is 0.668. The molecule has 0 N–H and O–H groups in total. The number of anilines is 6. The Morgan fingerprint density at radius 1 is 0.254 bits per heavy atom. The van der Waals surface area contributed by atoms with Crippen LogP contribution in [0.3, 0.4) is 0 Å². The van der Waals surface area contributed by atoms with Crippen molar-refractivity contribution in [2.45, 2.75) is 0 Å². The van der Waals surface area contributed by atoms with E-state index in [-0.39, 0.29) is 0 Å². The molecule has 3 heterocycles. The van der Waals surface area contributed by atoms with Gasteiger partial charge in [-0.3, -0.25) is 0 Å². The van der Waals surface area contributed by atoms with E-state index in [1.165, 1.54) is 0 Å². The Kier molecular flexibility index (Phi) is 8.21. The number of rotatable bonds is 7. The average molecular weight is 859 g/mol. The van der Waals surface area contributed by atoms with Gasteiger partial charge in [0.2, 0.25) is 0 Å². The molecule has 0 bridgehead atoms. The molecule has 0 fully saturated rings. The summed E-state index contributed by atoms with van der Waals surface area (Å²) in [6.45, 7) is 0. The van der Waals surface area contributed by atoms with Crippen molar-refractivity contribution in [3.8, 4) is 11.1 Å². The van der Waals surface area contributed by atoms with Gasteiger partial charge >= 0.3 is 0 Å². The summed E-state index contributed by atoms with van der Waals surface area (Å²) in [7, 11) is 0. The molecule has 0 aliphatic carbocycles. The molecule has 0 aliphatic rings. The molecule has 0 saturated heterocycles. The molecular weight excluding hydrogens is 821 g/mol. The highest BCUT2D eigenvalue weighted by Crippen LogP contribution is 2.49. The average Bonchev–Trinajstić information content (AvgIpc) is 4.10. The van der Waals surface area contributed by atoms with Crippen molar-refractivity contribution in [2.75, 3.05) is 9.80 Å². The molecule has 3 aromatic heterocycles. The normalized spacial score (nSPS) is 11.9. The summed E-state index contributed by atoms with van der Waals surface area (Å²) in [5.74, 6) is 0. The first kappa shape index (κ1) is 37.3. The zero-order valence-electron chi connectivity index (χ0n) is 36.1. The minimum absolute atomic E-state index is 0.802. The van der Waals surface area contributed by atoms with Crippen molar-refractivity contribution in [3.63, 3.8) is 0 Å². The fraction of sp³-hybridized carbons (Fsp3) is 0. The summed E-state index contributed by atoms with van der Waals surface area (Å²) in [5, 5.41) is 10.9. The lowest BCUT2D eigenvalue weighted by Gasteiger charge is -2.27. The van der Waals surface area contributed by atoms with Gasteiger partial charge in [0.25, 0.3) is 0 Å². The van der Waals surface area contributed by atoms with E-state index in [0.717, 1.165) is 133 Å². The first-order valence-corrected chi connectivity index (χ1v) is 22.7. The third-order valence-corrected chi connectivity index (χ3v) is 13.4. The first-order chi connectivity index (χ1) is 33.2. The summed E-state index contributed by atoms with van der Waals surface area (Å²) in [5.41, 5.74) is 13.2. The van der Waals surface area contributed by atoms with Gasteiger partial charge in [0.05, 0.1) is 22.7 Å². The SMILES string of the molecule is c1ccc(-c2ccccc2N(c2ccc3c(c2)oc2c4ccc(N(c5ccccc5)c5cccc6c5oc5ccccc56)cc4c4ccccc4c32)c2cccc3c2oc2ccccc23)cc1. The van der Waals surface area contributed by atoms with Gasteiger partial charge in [0.1, 0.15) is 22.3 Å². The zero-order valence-corrected chi connectivity index (χ0v) is 36.1. The van der Waals surface area contributed by atoms with E-state index in [2.05, 4.69) is 216 Å². The van der Waals surface area contributed by atoms with Gasteiger partial charge in [0.15, 0.2) is 11.2 Å². The second-order valence-electron chi connectivity index (χ2n) is 17.2. The van der Waals surface area contributed by atoms with E-state index in [9.17, 15) is 0 Å². The molecular formula is C62H38N2O3. The third-order valence-electron chi connectivity index (χ3n) is 13.4. The molecule has 67 heavy (non-hydrogen) atoms. The number of nitrogens with zero attached hydrogens (tertiary/aromatic N) is 2. The molecule has 0 amide bonds. The highest BCUT2D eigenvalue weighted by Gasteiger charge is 2.25. The summed E-state index contributed by atoms with van der Waals surface area (Å²) in [6, 6.07) is 81.2. The van der Waals surface area contributed by atoms with Crippen molar-refractivity contribution < 1.29 is 13.3 Å². The fourth-order valence-corrected chi connectivity index (χ4v) is 10.5. The van der Waals surface area contributed by atoms with Crippen molar-refractivity contribution in [3.05, 3.63) is 231 Å². The number of fused-ring (bicyclic) bond motifs is 14. The largest absolute Gasteiger partial charge is 0.455 e. The van der Waals surface area contributed by atoms with E-state index >= 15 is 0 Å². The maximum Gasteiger partial charge on any atom is 0.159 e. The van der Waals surface area contributed by atoms with Gasteiger partial charge in [0, 0.05) is 60.7 Å². The second-order valence-corrected chi connectivity index (χ2v) is 17.2. The Hall–Kier alpha value is -9.06.